The molecule has 7 heteroatoms. The highest BCUT2D eigenvalue weighted by molar-refractivity contribution is 14.0. The Balaban J connectivity index is 0.00000280. The Kier molecular flexibility index (Phi) is 8.10. The van der Waals surface area contributed by atoms with Crippen molar-refractivity contribution in [1.82, 2.24) is 10.6 Å². The normalized spacial score (nSPS) is 16.4. The third-order valence-corrected chi connectivity index (χ3v) is 4.85. The Morgan fingerprint density at radius 3 is 2.46 bits per heavy atom. The van der Waals surface area contributed by atoms with Crippen LogP contribution in [0.4, 0.5) is 5.69 Å². The third-order valence-electron chi connectivity index (χ3n) is 4.85. The maximum atomic E-state index is 11.1. The standard InChI is InChI=1S/C21H27N5O.HI/c1-15-3-9-19(10-4-15)26-12-11-18(14-26)25-21(23-2)24-13-16-5-7-17(8-6-16)20(22)27;/h3-10,18H,11-14H2,1-2H3,(H2,22,27)(H2,23,24,25);1H. The van der Waals surface area contributed by atoms with E-state index in [1.807, 2.05) is 12.1 Å². The van der Waals surface area contributed by atoms with Crippen LogP contribution in [-0.2, 0) is 6.54 Å². The number of hydrogen-bond acceptors (Lipinski definition) is 3. The van der Waals surface area contributed by atoms with Crippen LogP contribution >= 0.6 is 24.0 Å². The number of halogens is 1. The summed E-state index contributed by atoms with van der Waals surface area (Å²) in [5.74, 6) is 0.371. The highest BCUT2D eigenvalue weighted by atomic mass is 127. The number of anilines is 1. The SMILES string of the molecule is CN=C(NCc1ccc(C(N)=O)cc1)NC1CCN(c2ccc(C)cc2)C1.I. The monoisotopic (exact) mass is 493 g/mol. The number of nitrogens with one attached hydrogen (secondary N) is 2. The van der Waals surface area contributed by atoms with Gasteiger partial charge in [0, 0.05) is 44.0 Å². The molecule has 2 aromatic rings. The summed E-state index contributed by atoms with van der Waals surface area (Å²) < 4.78 is 0. The molecule has 1 fully saturated rings. The number of aliphatic imine (C=N–C) groups is 1. The molecular weight excluding hydrogens is 465 g/mol. The first-order valence-corrected chi connectivity index (χ1v) is 9.22. The number of carbonyl (C=O) groups excluding carboxylic acids is 1. The number of nitrogens with two attached hydrogens (primary N) is 1. The Bertz CT molecular complexity index is 805. The molecule has 0 saturated carbocycles. The smallest absolute Gasteiger partial charge is 0.248 e. The first-order valence-electron chi connectivity index (χ1n) is 9.22. The zero-order chi connectivity index (χ0) is 19.2. The Morgan fingerprint density at radius 2 is 1.86 bits per heavy atom. The van der Waals surface area contributed by atoms with Crippen LogP contribution < -0.4 is 21.3 Å². The van der Waals surface area contributed by atoms with Crippen LogP contribution in [0, 0.1) is 6.92 Å². The van der Waals surface area contributed by atoms with Gasteiger partial charge in [0.15, 0.2) is 5.96 Å². The van der Waals surface area contributed by atoms with Crippen molar-refractivity contribution in [3.63, 3.8) is 0 Å². The number of nitrogens with zero attached hydrogens (tertiary/aromatic N) is 2. The van der Waals surface area contributed by atoms with Gasteiger partial charge in [0.1, 0.15) is 0 Å². The predicted octanol–water partition coefficient (Wildman–Crippen LogP) is 2.66. The van der Waals surface area contributed by atoms with Crippen molar-refractivity contribution in [2.45, 2.75) is 25.9 Å². The van der Waals surface area contributed by atoms with E-state index in [-0.39, 0.29) is 24.0 Å². The summed E-state index contributed by atoms with van der Waals surface area (Å²) in [6.07, 6.45) is 1.07. The fourth-order valence-electron chi connectivity index (χ4n) is 3.23. The summed E-state index contributed by atoms with van der Waals surface area (Å²) in [6, 6.07) is 16.3. The number of aryl methyl sites for hydroxylation is 1. The van der Waals surface area contributed by atoms with E-state index < -0.39 is 5.91 Å². The zero-order valence-electron chi connectivity index (χ0n) is 16.3. The molecule has 1 atom stereocenters. The molecule has 2 aromatic carbocycles. The number of rotatable bonds is 5. The fraction of sp³-hybridized carbons (Fsp3) is 0.333. The van der Waals surface area contributed by atoms with E-state index in [4.69, 9.17) is 5.73 Å². The minimum Gasteiger partial charge on any atom is -0.369 e. The van der Waals surface area contributed by atoms with Crippen molar-refractivity contribution in [1.29, 1.82) is 0 Å². The molecule has 1 saturated heterocycles. The molecule has 0 bridgehead atoms. The molecule has 6 nitrogen and oxygen atoms in total. The lowest BCUT2D eigenvalue weighted by atomic mass is 10.1. The second-order valence-electron chi connectivity index (χ2n) is 6.90. The topological polar surface area (TPSA) is 82.7 Å². The minimum absolute atomic E-state index is 0. The summed E-state index contributed by atoms with van der Waals surface area (Å²) in [6.45, 7) is 4.73. The number of carbonyl (C=O) groups is 1. The number of amides is 1. The van der Waals surface area contributed by atoms with Crippen molar-refractivity contribution in [3.05, 3.63) is 65.2 Å². The molecule has 4 N–H and O–H groups in total. The van der Waals surface area contributed by atoms with E-state index in [0.717, 1.165) is 31.0 Å². The molecule has 1 amide bonds. The van der Waals surface area contributed by atoms with Gasteiger partial charge in [-0.15, -0.1) is 24.0 Å². The van der Waals surface area contributed by atoms with Gasteiger partial charge in [-0.25, -0.2) is 0 Å². The van der Waals surface area contributed by atoms with Crippen LogP contribution in [0.5, 0.6) is 0 Å². The largest absolute Gasteiger partial charge is 0.369 e. The third kappa shape index (κ3) is 5.85. The lowest BCUT2D eigenvalue weighted by Gasteiger charge is -2.20. The Labute approximate surface area is 183 Å². The molecule has 3 rings (SSSR count). The lowest BCUT2D eigenvalue weighted by Crippen LogP contribution is -2.44. The molecular formula is C21H28IN5O. The van der Waals surface area contributed by atoms with Crippen LogP contribution in [-0.4, -0.2) is 38.0 Å². The number of hydrogen-bond donors (Lipinski definition) is 3. The van der Waals surface area contributed by atoms with E-state index in [2.05, 4.69) is 51.7 Å². The minimum atomic E-state index is -0.411. The number of benzene rings is 2. The highest BCUT2D eigenvalue weighted by Gasteiger charge is 2.23. The molecule has 0 spiro atoms. The van der Waals surface area contributed by atoms with Gasteiger partial charge < -0.3 is 21.3 Å². The van der Waals surface area contributed by atoms with Gasteiger partial charge in [0.2, 0.25) is 5.91 Å². The quantitative estimate of drug-likeness (QED) is 0.340. The molecule has 28 heavy (non-hydrogen) atoms. The predicted molar refractivity (Wildman–Crippen MR) is 126 cm³/mol. The highest BCUT2D eigenvalue weighted by Crippen LogP contribution is 2.20. The summed E-state index contributed by atoms with van der Waals surface area (Å²) in [5, 5.41) is 6.83. The Hall–Kier alpha value is -2.29. The molecule has 0 aliphatic carbocycles. The van der Waals surface area contributed by atoms with E-state index >= 15 is 0 Å². The van der Waals surface area contributed by atoms with Gasteiger partial charge in [-0.05, 0) is 43.2 Å². The van der Waals surface area contributed by atoms with Crippen molar-refractivity contribution < 1.29 is 4.79 Å². The molecule has 1 aliphatic rings. The van der Waals surface area contributed by atoms with Crippen LogP contribution in [0.25, 0.3) is 0 Å². The van der Waals surface area contributed by atoms with Gasteiger partial charge in [-0.1, -0.05) is 29.8 Å². The summed E-state index contributed by atoms with van der Waals surface area (Å²) in [5.41, 5.74) is 9.40. The molecule has 0 radical (unpaired) electrons. The van der Waals surface area contributed by atoms with Crippen molar-refractivity contribution in [2.24, 2.45) is 10.7 Å². The van der Waals surface area contributed by atoms with Gasteiger partial charge in [-0.2, -0.15) is 0 Å². The number of guanidine groups is 1. The van der Waals surface area contributed by atoms with Crippen LogP contribution in [0.2, 0.25) is 0 Å². The molecule has 0 aromatic heterocycles. The average molecular weight is 493 g/mol. The van der Waals surface area contributed by atoms with Gasteiger partial charge in [-0.3, -0.25) is 9.79 Å². The average Bonchev–Trinajstić information content (AvgIpc) is 3.14. The van der Waals surface area contributed by atoms with Crippen molar-refractivity contribution in [2.75, 3.05) is 25.0 Å². The Morgan fingerprint density at radius 1 is 1.18 bits per heavy atom. The first-order chi connectivity index (χ1) is 13.0. The maximum Gasteiger partial charge on any atom is 0.248 e. The summed E-state index contributed by atoms with van der Waals surface area (Å²) in [7, 11) is 1.78. The van der Waals surface area contributed by atoms with E-state index in [9.17, 15) is 4.79 Å². The maximum absolute atomic E-state index is 11.1. The summed E-state index contributed by atoms with van der Waals surface area (Å²) in [4.78, 5) is 17.9. The lowest BCUT2D eigenvalue weighted by molar-refractivity contribution is 0.100. The molecule has 1 unspecified atom stereocenters. The van der Waals surface area contributed by atoms with E-state index in [1.54, 1.807) is 19.2 Å². The second kappa shape index (κ2) is 10.3. The zero-order valence-corrected chi connectivity index (χ0v) is 18.6. The fourth-order valence-corrected chi connectivity index (χ4v) is 3.23. The first kappa shape index (κ1) is 22.0. The van der Waals surface area contributed by atoms with E-state index in [0.29, 0.717) is 18.2 Å². The van der Waals surface area contributed by atoms with Crippen molar-refractivity contribution in [3.8, 4) is 0 Å². The number of primary amides is 1. The van der Waals surface area contributed by atoms with Crippen molar-refractivity contribution >= 4 is 41.5 Å². The second-order valence-corrected chi connectivity index (χ2v) is 6.90. The van der Waals surface area contributed by atoms with Crippen LogP contribution in [0.15, 0.2) is 53.5 Å². The van der Waals surface area contributed by atoms with E-state index in [1.165, 1.54) is 11.3 Å². The summed E-state index contributed by atoms with van der Waals surface area (Å²) >= 11 is 0. The van der Waals surface area contributed by atoms with Crippen LogP contribution in [0.1, 0.15) is 27.9 Å². The van der Waals surface area contributed by atoms with Gasteiger partial charge >= 0.3 is 0 Å². The van der Waals surface area contributed by atoms with Crippen LogP contribution in [0.3, 0.4) is 0 Å². The van der Waals surface area contributed by atoms with Gasteiger partial charge in [0.25, 0.3) is 0 Å². The molecule has 150 valence electrons. The molecule has 1 aliphatic heterocycles. The van der Waals surface area contributed by atoms with Gasteiger partial charge in [0.05, 0.1) is 0 Å². The molecule has 1 heterocycles.